The topological polar surface area (TPSA) is 38.3 Å². The van der Waals surface area contributed by atoms with E-state index in [9.17, 15) is 4.79 Å². The van der Waals surface area contributed by atoms with E-state index in [-0.39, 0.29) is 5.97 Å². The van der Waals surface area contributed by atoms with Gasteiger partial charge in [0.05, 0.1) is 7.11 Å². The van der Waals surface area contributed by atoms with Crippen LogP contribution in [0.3, 0.4) is 0 Å². The Kier molecular flexibility index (Phi) is 4.54. The molecule has 0 heterocycles. The van der Waals surface area contributed by atoms with E-state index < -0.39 is 0 Å². The van der Waals surface area contributed by atoms with E-state index in [0.29, 0.717) is 17.0 Å². The molecule has 16 heavy (non-hydrogen) atoms. The summed E-state index contributed by atoms with van der Waals surface area (Å²) in [6.45, 7) is 7.13. The van der Waals surface area contributed by atoms with Gasteiger partial charge in [0.2, 0.25) is 0 Å². The van der Waals surface area contributed by atoms with Crippen molar-refractivity contribution < 1.29 is 9.53 Å². The largest absolute Gasteiger partial charge is 0.466 e. The van der Waals surface area contributed by atoms with Gasteiger partial charge in [0.15, 0.2) is 0 Å². The highest BCUT2D eigenvalue weighted by Gasteiger charge is 2.33. The lowest BCUT2D eigenvalue weighted by Crippen LogP contribution is -2.37. The van der Waals surface area contributed by atoms with E-state index in [1.165, 1.54) is 26.4 Å². The minimum Gasteiger partial charge on any atom is -0.466 e. The van der Waals surface area contributed by atoms with Gasteiger partial charge in [-0.3, -0.25) is 0 Å². The van der Waals surface area contributed by atoms with Crippen molar-refractivity contribution in [1.29, 1.82) is 0 Å². The predicted molar refractivity (Wildman–Crippen MR) is 65.2 cm³/mol. The van der Waals surface area contributed by atoms with Crippen LogP contribution in [0, 0.1) is 5.41 Å². The van der Waals surface area contributed by atoms with Crippen molar-refractivity contribution in [3.05, 3.63) is 11.6 Å². The Morgan fingerprint density at radius 2 is 2.25 bits per heavy atom. The third-order valence-electron chi connectivity index (χ3n) is 3.54. The van der Waals surface area contributed by atoms with Gasteiger partial charge in [0.25, 0.3) is 0 Å². The maximum Gasteiger partial charge on any atom is 0.333 e. The number of carbonyl (C=O) groups excluding carboxylic acids is 1. The summed E-state index contributed by atoms with van der Waals surface area (Å²) >= 11 is 0. The van der Waals surface area contributed by atoms with Gasteiger partial charge in [0, 0.05) is 18.2 Å². The highest BCUT2D eigenvalue weighted by atomic mass is 16.5. The molecule has 0 aromatic rings. The number of methoxy groups -OCH3 is 1. The zero-order chi connectivity index (χ0) is 12.2. The second-order valence-electron chi connectivity index (χ2n) is 5.22. The molecule has 1 rings (SSSR count). The average molecular weight is 225 g/mol. The number of hydrogen-bond donors (Lipinski definition) is 1. The van der Waals surface area contributed by atoms with Crippen molar-refractivity contribution in [2.75, 3.05) is 13.7 Å². The molecule has 1 atom stereocenters. The smallest absolute Gasteiger partial charge is 0.333 e. The van der Waals surface area contributed by atoms with Gasteiger partial charge in [-0.05, 0) is 25.2 Å². The molecule has 0 spiro atoms. The van der Waals surface area contributed by atoms with Crippen molar-refractivity contribution in [3.63, 3.8) is 0 Å². The second-order valence-corrected chi connectivity index (χ2v) is 5.22. The summed E-state index contributed by atoms with van der Waals surface area (Å²) in [4.78, 5) is 11.1. The molecular formula is C13H23NO2. The first-order chi connectivity index (χ1) is 7.47. The highest BCUT2D eigenvalue weighted by molar-refractivity contribution is 5.87. The Labute approximate surface area is 98.2 Å². The summed E-state index contributed by atoms with van der Waals surface area (Å²) < 4.78 is 4.64. The maximum absolute atomic E-state index is 11.1. The molecule has 0 aromatic carbocycles. The Morgan fingerprint density at radius 1 is 1.56 bits per heavy atom. The number of nitrogens with one attached hydrogen (secondary N) is 1. The van der Waals surface area contributed by atoms with E-state index in [1.54, 1.807) is 6.92 Å². The van der Waals surface area contributed by atoms with Crippen LogP contribution in [0.2, 0.25) is 0 Å². The molecule has 1 unspecified atom stereocenters. The van der Waals surface area contributed by atoms with Crippen LogP contribution in [-0.2, 0) is 9.53 Å². The minimum atomic E-state index is -0.243. The zero-order valence-corrected chi connectivity index (χ0v) is 10.8. The van der Waals surface area contributed by atoms with Gasteiger partial charge in [-0.2, -0.15) is 0 Å². The second kappa shape index (κ2) is 5.48. The first kappa shape index (κ1) is 13.2. The molecule has 0 aromatic heterocycles. The van der Waals surface area contributed by atoms with Crippen LogP contribution in [-0.4, -0.2) is 25.7 Å². The van der Waals surface area contributed by atoms with Gasteiger partial charge >= 0.3 is 5.97 Å². The fourth-order valence-electron chi connectivity index (χ4n) is 2.30. The van der Waals surface area contributed by atoms with Crippen molar-refractivity contribution in [1.82, 2.24) is 5.32 Å². The molecule has 0 aliphatic heterocycles. The maximum atomic E-state index is 11.1. The van der Waals surface area contributed by atoms with Gasteiger partial charge < -0.3 is 10.1 Å². The van der Waals surface area contributed by atoms with E-state index in [4.69, 9.17) is 0 Å². The molecule has 1 aliphatic carbocycles. The summed E-state index contributed by atoms with van der Waals surface area (Å²) in [7, 11) is 1.41. The Morgan fingerprint density at radius 3 is 2.75 bits per heavy atom. The summed E-state index contributed by atoms with van der Waals surface area (Å²) in [6.07, 6.45) is 5.72. The highest BCUT2D eigenvalue weighted by Crippen LogP contribution is 2.36. The first-order valence-electron chi connectivity index (χ1n) is 5.96. The van der Waals surface area contributed by atoms with Crippen molar-refractivity contribution in [2.45, 2.75) is 46.1 Å². The molecule has 0 amide bonds. The molecule has 0 bridgehead atoms. The van der Waals surface area contributed by atoms with E-state index in [2.05, 4.69) is 23.9 Å². The van der Waals surface area contributed by atoms with E-state index in [1.807, 2.05) is 6.08 Å². The standard InChI is InChI=1S/C13H23NO2/c1-10(12(15)16-4)7-9-14-11-6-5-8-13(11,2)3/h7,11,14H,5-6,8-9H2,1-4H3. The summed E-state index contributed by atoms with van der Waals surface area (Å²) in [5.74, 6) is -0.243. The van der Waals surface area contributed by atoms with Gasteiger partial charge in [-0.25, -0.2) is 4.79 Å². The average Bonchev–Trinajstić information content (AvgIpc) is 2.57. The first-order valence-corrected chi connectivity index (χ1v) is 5.96. The third-order valence-corrected chi connectivity index (χ3v) is 3.54. The lowest BCUT2D eigenvalue weighted by Gasteiger charge is -2.27. The van der Waals surface area contributed by atoms with Gasteiger partial charge in [0.1, 0.15) is 0 Å². The van der Waals surface area contributed by atoms with Crippen LogP contribution in [0.1, 0.15) is 40.0 Å². The quantitative estimate of drug-likeness (QED) is 0.589. The monoisotopic (exact) mass is 225 g/mol. The zero-order valence-electron chi connectivity index (χ0n) is 10.8. The van der Waals surface area contributed by atoms with Crippen molar-refractivity contribution in [2.24, 2.45) is 5.41 Å². The third kappa shape index (κ3) is 3.34. The van der Waals surface area contributed by atoms with Crippen LogP contribution in [0.15, 0.2) is 11.6 Å². The molecule has 1 fully saturated rings. The summed E-state index contributed by atoms with van der Waals surface area (Å²) in [5.41, 5.74) is 1.05. The lowest BCUT2D eigenvalue weighted by atomic mass is 9.87. The molecule has 0 saturated heterocycles. The van der Waals surface area contributed by atoms with Gasteiger partial charge in [-0.1, -0.05) is 26.3 Å². The van der Waals surface area contributed by atoms with Crippen LogP contribution in [0.4, 0.5) is 0 Å². The molecule has 1 saturated carbocycles. The SMILES string of the molecule is COC(=O)C(C)=CCNC1CCCC1(C)C. The van der Waals surface area contributed by atoms with Crippen molar-refractivity contribution >= 4 is 5.97 Å². The fraction of sp³-hybridized carbons (Fsp3) is 0.769. The number of carbonyl (C=O) groups is 1. The molecule has 0 radical (unpaired) electrons. The fourth-order valence-corrected chi connectivity index (χ4v) is 2.30. The Hall–Kier alpha value is -0.830. The molecule has 1 aliphatic rings. The Balaban J connectivity index is 2.38. The molecule has 3 nitrogen and oxygen atoms in total. The minimum absolute atomic E-state index is 0.243. The summed E-state index contributed by atoms with van der Waals surface area (Å²) in [6, 6.07) is 0.564. The molecular weight excluding hydrogens is 202 g/mol. The van der Waals surface area contributed by atoms with Crippen LogP contribution in [0.5, 0.6) is 0 Å². The predicted octanol–water partition coefficient (Wildman–Crippen LogP) is 2.27. The van der Waals surface area contributed by atoms with E-state index >= 15 is 0 Å². The van der Waals surface area contributed by atoms with Gasteiger partial charge in [-0.15, -0.1) is 0 Å². The Bertz CT molecular complexity index is 282. The van der Waals surface area contributed by atoms with Crippen LogP contribution < -0.4 is 5.32 Å². The molecule has 3 heteroatoms. The van der Waals surface area contributed by atoms with Crippen molar-refractivity contribution in [3.8, 4) is 0 Å². The number of rotatable bonds is 4. The summed E-state index contributed by atoms with van der Waals surface area (Å²) in [5, 5.41) is 3.50. The number of ether oxygens (including phenoxy) is 1. The van der Waals surface area contributed by atoms with E-state index in [0.717, 1.165) is 6.54 Å². The number of hydrogen-bond acceptors (Lipinski definition) is 3. The molecule has 1 N–H and O–H groups in total. The lowest BCUT2D eigenvalue weighted by molar-refractivity contribution is -0.136. The van der Waals surface area contributed by atoms with Crippen LogP contribution >= 0.6 is 0 Å². The normalized spacial score (nSPS) is 24.5. The van der Waals surface area contributed by atoms with Crippen LogP contribution in [0.25, 0.3) is 0 Å². The molecule has 92 valence electrons. The number of esters is 1.